The number of rotatable bonds is 15. The van der Waals surface area contributed by atoms with Crippen LogP contribution in [-0.2, 0) is 32.6 Å². The molecule has 1 N–H and O–H groups in total. The molecule has 0 spiro atoms. The largest absolute Gasteiger partial charge is 0.457 e. The number of para-hydroxylation sites is 1. The molecule has 0 aliphatic heterocycles. The summed E-state index contributed by atoms with van der Waals surface area (Å²) in [6.45, 7) is 3.72. The molecule has 1 atom stereocenters. The van der Waals surface area contributed by atoms with E-state index < -0.39 is 28.5 Å². The number of amides is 2. The monoisotopic (exact) mass is 743 g/mol. The van der Waals surface area contributed by atoms with Crippen molar-refractivity contribution < 1.29 is 22.7 Å². The number of ether oxygens (including phenoxy) is 1. The lowest BCUT2D eigenvalue weighted by Crippen LogP contribution is -2.53. The van der Waals surface area contributed by atoms with Crippen molar-refractivity contribution in [1.82, 2.24) is 10.2 Å². The van der Waals surface area contributed by atoms with Crippen molar-refractivity contribution in [3.8, 4) is 11.5 Å². The lowest BCUT2D eigenvalue weighted by Gasteiger charge is -2.34. The molecule has 0 aliphatic rings. The van der Waals surface area contributed by atoms with Crippen molar-refractivity contribution >= 4 is 50.7 Å². The zero-order chi connectivity index (χ0) is 36.4. The van der Waals surface area contributed by atoms with Crippen LogP contribution in [0.3, 0.4) is 0 Å². The van der Waals surface area contributed by atoms with Crippen LogP contribution in [-0.4, -0.2) is 44.3 Å². The molecule has 51 heavy (non-hydrogen) atoms. The summed E-state index contributed by atoms with van der Waals surface area (Å²) in [6, 6.07) is 36.9. The summed E-state index contributed by atoms with van der Waals surface area (Å²) in [6.07, 6.45) is 0.189. The lowest BCUT2D eigenvalue weighted by atomic mass is 10.0. The van der Waals surface area contributed by atoms with Gasteiger partial charge in [-0.1, -0.05) is 110 Å². The Morgan fingerprint density at radius 2 is 1.31 bits per heavy atom. The highest BCUT2D eigenvalue weighted by Gasteiger charge is 2.34. The second kappa shape index (κ2) is 17.4. The molecule has 0 fully saturated rings. The quantitative estimate of drug-likeness (QED) is 0.116. The molecule has 0 bridgehead atoms. The average Bonchev–Trinajstić information content (AvgIpc) is 3.14. The molecule has 0 saturated heterocycles. The molecule has 0 unspecified atom stereocenters. The van der Waals surface area contributed by atoms with E-state index in [1.54, 1.807) is 60.7 Å². The second-order valence-electron chi connectivity index (χ2n) is 12.3. The van der Waals surface area contributed by atoms with Crippen LogP contribution in [0.2, 0.25) is 10.0 Å². The molecule has 0 heterocycles. The Balaban J connectivity index is 1.56. The fourth-order valence-electron chi connectivity index (χ4n) is 5.36. The number of nitrogens with zero attached hydrogens (tertiary/aromatic N) is 2. The van der Waals surface area contributed by atoms with Crippen molar-refractivity contribution in [3.63, 3.8) is 0 Å². The highest BCUT2D eigenvalue weighted by atomic mass is 35.5. The van der Waals surface area contributed by atoms with Gasteiger partial charge in [0.25, 0.3) is 10.0 Å². The Labute approximate surface area is 309 Å². The minimum absolute atomic E-state index is 0.00829. The van der Waals surface area contributed by atoms with Crippen LogP contribution in [0.1, 0.15) is 25.0 Å². The number of carbonyl (C=O) groups is 2. The van der Waals surface area contributed by atoms with E-state index in [4.69, 9.17) is 27.9 Å². The zero-order valence-corrected chi connectivity index (χ0v) is 30.6. The molecule has 0 aromatic heterocycles. The highest BCUT2D eigenvalue weighted by Crippen LogP contribution is 2.29. The van der Waals surface area contributed by atoms with E-state index in [2.05, 4.69) is 5.32 Å². The molecule has 5 aromatic rings. The first kappa shape index (κ1) is 37.4. The van der Waals surface area contributed by atoms with E-state index in [9.17, 15) is 18.0 Å². The minimum atomic E-state index is -4.26. The maximum atomic E-state index is 14.7. The Kier molecular flexibility index (Phi) is 12.8. The van der Waals surface area contributed by atoms with Gasteiger partial charge in [0.2, 0.25) is 11.8 Å². The summed E-state index contributed by atoms with van der Waals surface area (Å²) >= 11 is 12.6. The van der Waals surface area contributed by atoms with E-state index in [1.165, 1.54) is 17.0 Å². The summed E-state index contributed by atoms with van der Waals surface area (Å²) in [4.78, 5) is 30.1. The van der Waals surface area contributed by atoms with Crippen LogP contribution in [0.25, 0.3) is 0 Å². The van der Waals surface area contributed by atoms with Crippen molar-refractivity contribution in [2.45, 2.75) is 37.8 Å². The maximum Gasteiger partial charge on any atom is 0.264 e. The molecule has 11 heteroatoms. The standard InChI is InChI=1S/C40H39Cl2N3O5S/c1-29(2)26-43-40(47)38(25-30-12-6-3-7-13-30)44(27-31-18-23-36(41)37(42)24-31)39(46)28-45(51(48,49)35-16-10-5-11-17-35)32-19-21-34(22-20-32)50-33-14-8-4-9-15-33/h3-24,29,38H,25-28H2,1-2H3,(H,43,47)/t38-/m0/s1. The number of anilines is 1. The minimum Gasteiger partial charge on any atom is -0.457 e. The Morgan fingerprint density at radius 1 is 0.725 bits per heavy atom. The molecule has 0 aliphatic carbocycles. The van der Waals surface area contributed by atoms with Crippen molar-refractivity contribution in [2.75, 3.05) is 17.4 Å². The van der Waals surface area contributed by atoms with Crippen LogP contribution in [0.5, 0.6) is 11.5 Å². The number of halogens is 2. The third-order valence-corrected chi connectivity index (χ3v) is 10.5. The van der Waals surface area contributed by atoms with E-state index in [0.717, 1.165) is 9.87 Å². The van der Waals surface area contributed by atoms with E-state index in [0.29, 0.717) is 28.6 Å². The molecule has 2 amide bonds. The summed E-state index contributed by atoms with van der Waals surface area (Å²) in [5.41, 5.74) is 1.69. The van der Waals surface area contributed by atoms with Gasteiger partial charge >= 0.3 is 0 Å². The predicted octanol–water partition coefficient (Wildman–Crippen LogP) is 8.39. The molecule has 5 aromatic carbocycles. The molecule has 8 nitrogen and oxygen atoms in total. The zero-order valence-electron chi connectivity index (χ0n) is 28.3. The van der Waals surface area contributed by atoms with Gasteiger partial charge in [0.1, 0.15) is 24.1 Å². The Morgan fingerprint density at radius 3 is 1.92 bits per heavy atom. The number of nitrogens with one attached hydrogen (secondary N) is 1. The van der Waals surface area contributed by atoms with Gasteiger partial charge in [-0.05, 0) is 77.7 Å². The van der Waals surface area contributed by atoms with Crippen LogP contribution in [0.4, 0.5) is 5.69 Å². The third-order valence-electron chi connectivity index (χ3n) is 8.01. The summed E-state index contributed by atoms with van der Waals surface area (Å²) in [5, 5.41) is 3.62. The molecule has 0 saturated carbocycles. The topological polar surface area (TPSA) is 96.0 Å². The van der Waals surface area contributed by atoms with E-state index in [1.807, 2.05) is 74.5 Å². The van der Waals surface area contributed by atoms with Gasteiger partial charge in [-0.3, -0.25) is 13.9 Å². The molecule has 5 rings (SSSR count). The number of carbonyl (C=O) groups excluding carboxylic acids is 2. The van der Waals surface area contributed by atoms with Crippen LogP contribution < -0.4 is 14.4 Å². The molecular weight excluding hydrogens is 705 g/mol. The molecule has 0 radical (unpaired) electrons. The Hall–Kier alpha value is -4.83. The van der Waals surface area contributed by atoms with Crippen LogP contribution in [0.15, 0.2) is 138 Å². The summed E-state index contributed by atoms with van der Waals surface area (Å²) < 4.78 is 35.6. The van der Waals surface area contributed by atoms with Gasteiger partial charge in [-0.2, -0.15) is 0 Å². The second-order valence-corrected chi connectivity index (χ2v) is 15.0. The van der Waals surface area contributed by atoms with E-state index >= 15 is 0 Å². The first-order valence-electron chi connectivity index (χ1n) is 16.5. The van der Waals surface area contributed by atoms with Gasteiger partial charge in [0.05, 0.1) is 20.6 Å². The SMILES string of the molecule is CC(C)CNC(=O)[C@H](Cc1ccccc1)N(Cc1ccc(Cl)c(Cl)c1)C(=O)CN(c1ccc(Oc2ccccc2)cc1)S(=O)(=O)c1ccccc1. The van der Waals surface area contributed by atoms with Crippen molar-refractivity contribution in [3.05, 3.63) is 155 Å². The van der Waals surface area contributed by atoms with Crippen molar-refractivity contribution in [1.29, 1.82) is 0 Å². The van der Waals surface area contributed by atoms with Gasteiger partial charge in [-0.25, -0.2) is 8.42 Å². The van der Waals surface area contributed by atoms with Gasteiger partial charge in [0.15, 0.2) is 0 Å². The number of hydrogen-bond donors (Lipinski definition) is 1. The lowest BCUT2D eigenvalue weighted by molar-refractivity contribution is -0.140. The summed E-state index contributed by atoms with van der Waals surface area (Å²) in [5.74, 6) is 0.309. The molecular formula is C40H39Cl2N3O5S. The van der Waals surface area contributed by atoms with Gasteiger partial charge < -0.3 is 15.0 Å². The fraction of sp³-hybridized carbons (Fsp3) is 0.200. The normalized spacial score (nSPS) is 11.9. The van der Waals surface area contributed by atoms with Gasteiger partial charge in [-0.15, -0.1) is 0 Å². The van der Waals surface area contributed by atoms with Crippen molar-refractivity contribution in [2.24, 2.45) is 5.92 Å². The molecule has 264 valence electrons. The highest BCUT2D eigenvalue weighted by molar-refractivity contribution is 7.92. The first-order chi connectivity index (χ1) is 24.5. The first-order valence-corrected chi connectivity index (χ1v) is 18.7. The number of benzene rings is 5. The van der Waals surface area contributed by atoms with Crippen LogP contribution in [0, 0.1) is 5.92 Å². The van der Waals surface area contributed by atoms with Gasteiger partial charge in [0, 0.05) is 19.5 Å². The average molecular weight is 745 g/mol. The third kappa shape index (κ3) is 10.1. The fourth-order valence-corrected chi connectivity index (χ4v) is 7.12. The smallest absolute Gasteiger partial charge is 0.264 e. The summed E-state index contributed by atoms with van der Waals surface area (Å²) in [7, 11) is -4.26. The number of hydrogen-bond acceptors (Lipinski definition) is 5. The Bertz CT molecular complexity index is 2010. The maximum absolute atomic E-state index is 14.7. The van der Waals surface area contributed by atoms with Crippen LogP contribution >= 0.6 is 23.2 Å². The predicted molar refractivity (Wildman–Crippen MR) is 203 cm³/mol. The number of sulfonamides is 1. The van der Waals surface area contributed by atoms with E-state index in [-0.39, 0.29) is 40.4 Å².